The molecule has 2 rings (SSSR count). The highest BCUT2D eigenvalue weighted by molar-refractivity contribution is 5.53. The Morgan fingerprint density at radius 3 is 2.82 bits per heavy atom. The molecule has 88 valence electrons. The van der Waals surface area contributed by atoms with E-state index in [1.54, 1.807) is 0 Å². The summed E-state index contributed by atoms with van der Waals surface area (Å²) in [5.74, 6) is 1.25. The van der Waals surface area contributed by atoms with Gasteiger partial charge in [-0.2, -0.15) is 0 Å². The zero-order valence-electron chi connectivity index (χ0n) is 9.94. The van der Waals surface area contributed by atoms with Crippen molar-refractivity contribution in [2.24, 2.45) is 0 Å². The van der Waals surface area contributed by atoms with Crippen molar-refractivity contribution in [1.29, 1.82) is 0 Å². The monoisotopic (exact) mass is 229 g/mol. The number of nitrogen functional groups attached to an aromatic ring is 1. The lowest BCUT2D eigenvalue weighted by molar-refractivity contribution is 0.992. The van der Waals surface area contributed by atoms with Gasteiger partial charge in [0.1, 0.15) is 18.0 Å². The average Bonchev–Trinajstić information content (AvgIpc) is 2.31. The summed E-state index contributed by atoms with van der Waals surface area (Å²) in [5.41, 5.74) is 8.54. The first-order chi connectivity index (χ1) is 8.16. The second kappa shape index (κ2) is 4.78. The molecule has 5 nitrogen and oxygen atoms in total. The third-order valence-electron chi connectivity index (χ3n) is 2.51. The van der Waals surface area contributed by atoms with Crippen LogP contribution in [0.4, 0.5) is 11.6 Å². The number of hydrogen-bond acceptors (Lipinski definition) is 5. The molecule has 2 heterocycles. The lowest BCUT2D eigenvalue weighted by atomic mass is 10.3. The van der Waals surface area contributed by atoms with Crippen LogP contribution in [0.1, 0.15) is 17.0 Å². The van der Waals surface area contributed by atoms with Crippen LogP contribution >= 0.6 is 0 Å². The molecular formula is C12H15N5. The highest BCUT2D eigenvalue weighted by Gasteiger charge is 2.03. The first kappa shape index (κ1) is 11.3. The molecule has 0 saturated heterocycles. The Morgan fingerprint density at radius 1 is 1.24 bits per heavy atom. The van der Waals surface area contributed by atoms with E-state index in [1.807, 2.05) is 32.0 Å². The second-order valence-electron chi connectivity index (χ2n) is 3.86. The fraction of sp³-hybridized carbons (Fsp3) is 0.250. The Hall–Kier alpha value is -2.17. The van der Waals surface area contributed by atoms with Crippen LogP contribution in [0.25, 0.3) is 0 Å². The van der Waals surface area contributed by atoms with E-state index >= 15 is 0 Å². The molecule has 3 N–H and O–H groups in total. The van der Waals surface area contributed by atoms with Crippen molar-refractivity contribution < 1.29 is 0 Å². The van der Waals surface area contributed by atoms with Crippen molar-refractivity contribution in [3.05, 3.63) is 41.5 Å². The Morgan fingerprint density at radius 2 is 2.06 bits per heavy atom. The minimum absolute atomic E-state index is 0.500. The molecule has 17 heavy (non-hydrogen) atoms. The van der Waals surface area contributed by atoms with E-state index < -0.39 is 0 Å². The number of nitrogens with zero attached hydrogens (tertiary/aromatic N) is 3. The fourth-order valence-electron chi connectivity index (χ4n) is 1.51. The van der Waals surface area contributed by atoms with Crippen LogP contribution in [-0.2, 0) is 6.54 Å². The number of nitrogens with two attached hydrogens (primary N) is 1. The van der Waals surface area contributed by atoms with Gasteiger partial charge in [-0.1, -0.05) is 6.07 Å². The van der Waals surface area contributed by atoms with E-state index in [2.05, 4.69) is 20.3 Å². The largest absolute Gasteiger partial charge is 0.383 e. The quantitative estimate of drug-likeness (QED) is 0.837. The van der Waals surface area contributed by atoms with Crippen LogP contribution in [0.15, 0.2) is 24.5 Å². The molecule has 0 aromatic carbocycles. The molecule has 2 aromatic rings. The third kappa shape index (κ3) is 2.69. The Bertz CT molecular complexity index is 524. The topological polar surface area (TPSA) is 76.7 Å². The summed E-state index contributed by atoms with van der Waals surface area (Å²) in [6, 6.07) is 5.93. The van der Waals surface area contributed by atoms with Gasteiger partial charge in [-0.15, -0.1) is 0 Å². The fourth-order valence-corrected chi connectivity index (χ4v) is 1.51. The van der Waals surface area contributed by atoms with Gasteiger partial charge in [0, 0.05) is 11.3 Å². The maximum Gasteiger partial charge on any atom is 0.134 e. The molecular weight excluding hydrogens is 214 g/mol. The number of hydrogen-bond donors (Lipinski definition) is 2. The lowest BCUT2D eigenvalue weighted by Crippen LogP contribution is -2.07. The minimum Gasteiger partial charge on any atom is -0.383 e. The number of aryl methyl sites for hydroxylation is 1. The lowest BCUT2D eigenvalue weighted by Gasteiger charge is -2.09. The first-order valence-electron chi connectivity index (χ1n) is 5.40. The molecule has 0 aliphatic carbocycles. The maximum absolute atomic E-state index is 5.71. The molecule has 0 spiro atoms. The van der Waals surface area contributed by atoms with Crippen LogP contribution in [0, 0.1) is 13.8 Å². The third-order valence-corrected chi connectivity index (χ3v) is 2.51. The van der Waals surface area contributed by atoms with E-state index in [0.717, 1.165) is 22.8 Å². The number of rotatable bonds is 3. The van der Waals surface area contributed by atoms with Gasteiger partial charge in [-0.05, 0) is 26.0 Å². The highest BCUT2D eigenvalue weighted by Crippen LogP contribution is 2.15. The van der Waals surface area contributed by atoms with Crippen molar-refractivity contribution in [2.75, 3.05) is 11.1 Å². The van der Waals surface area contributed by atoms with Crippen LogP contribution < -0.4 is 11.1 Å². The zero-order valence-corrected chi connectivity index (χ0v) is 9.94. The summed E-state index contributed by atoms with van der Waals surface area (Å²) in [4.78, 5) is 12.5. The van der Waals surface area contributed by atoms with Crippen molar-refractivity contribution >= 4 is 11.6 Å². The van der Waals surface area contributed by atoms with E-state index in [0.29, 0.717) is 12.4 Å². The molecule has 2 aromatic heterocycles. The van der Waals surface area contributed by atoms with Crippen molar-refractivity contribution in [3.8, 4) is 0 Å². The van der Waals surface area contributed by atoms with E-state index in [1.165, 1.54) is 6.33 Å². The summed E-state index contributed by atoms with van der Waals surface area (Å²) in [6.07, 6.45) is 1.45. The molecule has 5 heteroatoms. The Labute approximate surface area is 100 Å². The van der Waals surface area contributed by atoms with Gasteiger partial charge >= 0.3 is 0 Å². The molecule has 0 aliphatic heterocycles. The molecule has 0 atom stereocenters. The van der Waals surface area contributed by atoms with Crippen molar-refractivity contribution in [2.45, 2.75) is 20.4 Å². The summed E-state index contributed by atoms with van der Waals surface area (Å²) < 4.78 is 0. The van der Waals surface area contributed by atoms with Crippen LogP contribution in [0.2, 0.25) is 0 Å². The number of nitrogens with one attached hydrogen (secondary N) is 1. The summed E-state index contributed by atoms with van der Waals surface area (Å²) in [6.45, 7) is 4.48. The van der Waals surface area contributed by atoms with Gasteiger partial charge in [0.25, 0.3) is 0 Å². The minimum atomic E-state index is 0.500. The van der Waals surface area contributed by atoms with Crippen LogP contribution in [-0.4, -0.2) is 15.0 Å². The number of pyridine rings is 1. The molecule has 0 amide bonds. The SMILES string of the molecule is Cc1cccc(CNc2ncnc(N)c2C)n1. The van der Waals surface area contributed by atoms with Gasteiger partial charge in [0.2, 0.25) is 0 Å². The average molecular weight is 229 g/mol. The summed E-state index contributed by atoms with van der Waals surface area (Å²) in [7, 11) is 0. The van der Waals surface area contributed by atoms with Crippen molar-refractivity contribution in [3.63, 3.8) is 0 Å². The van der Waals surface area contributed by atoms with E-state index in [4.69, 9.17) is 5.73 Å². The van der Waals surface area contributed by atoms with Gasteiger partial charge in [0.15, 0.2) is 0 Å². The highest BCUT2D eigenvalue weighted by atomic mass is 15.0. The molecule has 0 bridgehead atoms. The number of anilines is 2. The predicted molar refractivity (Wildman–Crippen MR) is 67.5 cm³/mol. The van der Waals surface area contributed by atoms with Gasteiger partial charge < -0.3 is 11.1 Å². The molecule has 0 saturated carbocycles. The van der Waals surface area contributed by atoms with Gasteiger partial charge in [-0.25, -0.2) is 9.97 Å². The molecule has 0 radical (unpaired) electrons. The van der Waals surface area contributed by atoms with E-state index in [-0.39, 0.29) is 0 Å². The standard InChI is InChI=1S/C12H15N5/c1-8-4-3-5-10(17-8)6-14-12-9(2)11(13)15-7-16-12/h3-5,7H,6H2,1-2H3,(H3,13,14,15,16). The second-order valence-corrected chi connectivity index (χ2v) is 3.86. The summed E-state index contributed by atoms with van der Waals surface area (Å²) in [5, 5.41) is 3.20. The van der Waals surface area contributed by atoms with Gasteiger partial charge in [-0.3, -0.25) is 4.98 Å². The number of aromatic nitrogens is 3. The zero-order chi connectivity index (χ0) is 12.3. The molecule has 0 unspecified atom stereocenters. The predicted octanol–water partition coefficient (Wildman–Crippen LogP) is 1.68. The van der Waals surface area contributed by atoms with Gasteiger partial charge in [0.05, 0.1) is 12.2 Å². The van der Waals surface area contributed by atoms with Crippen LogP contribution in [0.3, 0.4) is 0 Å². The van der Waals surface area contributed by atoms with Crippen molar-refractivity contribution in [1.82, 2.24) is 15.0 Å². The Balaban J connectivity index is 2.10. The molecule has 0 aliphatic rings. The first-order valence-corrected chi connectivity index (χ1v) is 5.40. The smallest absolute Gasteiger partial charge is 0.134 e. The maximum atomic E-state index is 5.71. The summed E-state index contributed by atoms with van der Waals surface area (Å²) >= 11 is 0. The Kier molecular flexibility index (Phi) is 3.18. The molecule has 0 fully saturated rings. The van der Waals surface area contributed by atoms with Crippen LogP contribution in [0.5, 0.6) is 0 Å². The normalized spacial score (nSPS) is 10.2. The van der Waals surface area contributed by atoms with E-state index in [9.17, 15) is 0 Å².